The van der Waals surface area contributed by atoms with Crippen LogP contribution in [0.3, 0.4) is 0 Å². The maximum absolute atomic E-state index is 5.92. The normalized spacial score (nSPS) is 30.0. The SMILES string of the molecule is C=C(I)[C@@H]1O[C@H](c2ccccc2)OC[C@H]1C. The van der Waals surface area contributed by atoms with Gasteiger partial charge in [0.05, 0.1) is 12.7 Å². The molecule has 0 N–H and O–H groups in total. The maximum atomic E-state index is 5.92. The number of hydrogen-bond donors (Lipinski definition) is 0. The van der Waals surface area contributed by atoms with Crippen LogP contribution in [0, 0.1) is 5.92 Å². The molecule has 0 aromatic heterocycles. The number of halogens is 1. The Morgan fingerprint density at radius 3 is 2.69 bits per heavy atom. The molecule has 0 aliphatic carbocycles. The van der Waals surface area contributed by atoms with Crippen LogP contribution in [0.25, 0.3) is 0 Å². The minimum Gasteiger partial charge on any atom is -0.348 e. The van der Waals surface area contributed by atoms with E-state index in [9.17, 15) is 0 Å². The Hall–Kier alpha value is -0.390. The Labute approximate surface area is 110 Å². The van der Waals surface area contributed by atoms with Gasteiger partial charge in [-0.25, -0.2) is 0 Å². The largest absolute Gasteiger partial charge is 0.348 e. The van der Waals surface area contributed by atoms with Gasteiger partial charge in [0.25, 0.3) is 0 Å². The van der Waals surface area contributed by atoms with E-state index < -0.39 is 0 Å². The van der Waals surface area contributed by atoms with Crippen LogP contribution in [0.1, 0.15) is 18.8 Å². The van der Waals surface area contributed by atoms with Crippen LogP contribution >= 0.6 is 22.6 Å². The average molecular weight is 330 g/mol. The zero-order chi connectivity index (χ0) is 11.5. The highest BCUT2D eigenvalue weighted by atomic mass is 127. The van der Waals surface area contributed by atoms with E-state index in [1.165, 1.54) is 0 Å². The molecule has 16 heavy (non-hydrogen) atoms. The molecule has 1 fully saturated rings. The first kappa shape index (κ1) is 12.1. The number of rotatable bonds is 2. The molecular weight excluding hydrogens is 315 g/mol. The van der Waals surface area contributed by atoms with E-state index in [1.54, 1.807) is 0 Å². The summed E-state index contributed by atoms with van der Waals surface area (Å²) >= 11 is 2.23. The lowest BCUT2D eigenvalue weighted by Crippen LogP contribution is -2.34. The molecule has 1 saturated heterocycles. The molecule has 1 aliphatic heterocycles. The Morgan fingerprint density at radius 1 is 1.38 bits per heavy atom. The van der Waals surface area contributed by atoms with Crippen molar-refractivity contribution in [3.05, 3.63) is 46.1 Å². The molecule has 86 valence electrons. The summed E-state index contributed by atoms with van der Waals surface area (Å²) < 4.78 is 12.6. The smallest absolute Gasteiger partial charge is 0.184 e. The van der Waals surface area contributed by atoms with Crippen molar-refractivity contribution in [2.24, 2.45) is 5.92 Å². The van der Waals surface area contributed by atoms with Gasteiger partial charge < -0.3 is 9.47 Å². The molecule has 3 heteroatoms. The summed E-state index contributed by atoms with van der Waals surface area (Å²) in [7, 11) is 0. The van der Waals surface area contributed by atoms with Crippen molar-refractivity contribution in [3.8, 4) is 0 Å². The molecule has 0 radical (unpaired) electrons. The fraction of sp³-hybridized carbons (Fsp3) is 0.385. The van der Waals surface area contributed by atoms with Gasteiger partial charge in [-0.2, -0.15) is 0 Å². The zero-order valence-electron chi connectivity index (χ0n) is 9.23. The molecule has 2 nitrogen and oxygen atoms in total. The Bertz CT molecular complexity index is 363. The van der Waals surface area contributed by atoms with E-state index in [0.717, 1.165) is 9.14 Å². The zero-order valence-corrected chi connectivity index (χ0v) is 11.4. The minimum atomic E-state index is -0.256. The second kappa shape index (κ2) is 5.29. The highest BCUT2D eigenvalue weighted by Crippen LogP contribution is 2.33. The van der Waals surface area contributed by atoms with Crippen molar-refractivity contribution < 1.29 is 9.47 Å². The molecule has 2 rings (SSSR count). The minimum absolute atomic E-state index is 0.0829. The molecule has 0 bridgehead atoms. The van der Waals surface area contributed by atoms with E-state index >= 15 is 0 Å². The molecule has 0 unspecified atom stereocenters. The lowest BCUT2D eigenvalue weighted by molar-refractivity contribution is -0.225. The molecule has 1 heterocycles. The monoisotopic (exact) mass is 330 g/mol. The van der Waals surface area contributed by atoms with Crippen LogP contribution in [0.15, 0.2) is 40.5 Å². The van der Waals surface area contributed by atoms with Gasteiger partial charge in [-0.3, -0.25) is 0 Å². The first-order valence-corrected chi connectivity index (χ1v) is 6.42. The Morgan fingerprint density at radius 2 is 2.06 bits per heavy atom. The number of ether oxygens (including phenoxy) is 2. The van der Waals surface area contributed by atoms with Crippen molar-refractivity contribution in [2.75, 3.05) is 6.61 Å². The number of benzene rings is 1. The third kappa shape index (κ3) is 2.64. The molecule has 1 aromatic carbocycles. The van der Waals surface area contributed by atoms with Gasteiger partial charge in [0.2, 0.25) is 0 Å². The van der Waals surface area contributed by atoms with Crippen molar-refractivity contribution in [2.45, 2.75) is 19.3 Å². The van der Waals surface area contributed by atoms with E-state index in [2.05, 4.69) is 36.1 Å². The Kier molecular flexibility index (Phi) is 4.00. The molecule has 1 aromatic rings. The summed E-state index contributed by atoms with van der Waals surface area (Å²) in [4.78, 5) is 0. The average Bonchev–Trinajstić information content (AvgIpc) is 2.30. The van der Waals surface area contributed by atoms with Gasteiger partial charge >= 0.3 is 0 Å². The maximum Gasteiger partial charge on any atom is 0.184 e. The first-order valence-electron chi connectivity index (χ1n) is 5.35. The summed E-state index contributed by atoms with van der Waals surface area (Å²) in [6.07, 6.45) is -0.173. The highest BCUT2D eigenvalue weighted by Gasteiger charge is 2.30. The van der Waals surface area contributed by atoms with Gasteiger partial charge in [-0.1, -0.05) is 43.8 Å². The fourth-order valence-electron chi connectivity index (χ4n) is 1.80. The van der Waals surface area contributed by atoms with E-state index in [-0.39, 0.29) is 12.4 Å². The van der Waals surface area contributed by atoms with Crippen LogP contribution < -0.4 is 0 Å². The quantitative estimate of drug-likeness (QED) is 0.770. The van der Waals surface area contributed by atoms with Gasteiger partial charge in [0.1, 0.15) is 0 Å². The summed E-state index contributed by atoms with van der Waals surface area (Å²) in [6, 6.07) is 10.0. The van der Waals surface area contributed by atoms with E-state index in [0.29, 0.717) is 12.5 Å². The lowest BCUT2D eigenvalue weighted by atomic mass is 10.0. The van der Waals surface area contributed by atoms with Crippen molar-refractivity contribution in [3.63, 3.8) is 0 Å². The second-order valence-electron chi connectivity index (χ2n) is 4.06. The molecular formula is C13H15IO2. The van der Waals surface area contributed by atoms with Gasteiger partial charge in [0, 0.05) is 15.1 Å². The van der Waals surface area contributed by atoms with Gasteiger partial charge in [-0.15, -0.1) is 0 Å². The van der Waals surface area contributed by atoms with Crippen LogP contribution in [-0.4, -0.2) is 12.7 Å². The topological polar surface area (TPSA) is 18.5 Å². The predicted octanol–water partition coefficient (Wildman–Crippen LogP) is 3.69. The highest BCUT2D eigenvalue weighted by molar-refractivity contribution is 14.1. The van der Waals surface area contributed by atoms with Gasteiger partial charge in [0.15, 0.2) is 6.29 Å². The third-order valence-corrected chi connectivity index (χ3v) is 3.29. The van der Waals surface area contributed by atoms with Gasteiger partial charge in [-0.05, 0) is 22.6 Å². The van der Waals surface area contributed by atoms with Crippen LogP contribution in [0.4, 0.5) is 0 Å². The molecule has 0 saturated carbocycles. The first-order chi connectivity index (χ1) is 7.68. The lowest BCUT2D eigenvalue weighted by Gasteiger charge is -2.34. The van der Waals surface area contributed by atoms with Crippen molar-refractivity contribution in [1.82, 2.24) is 0 Å². The van der Waals surface area contributed by atoms with Crippen molar-refractivity contribution in [1.29, 1.82) is 0 Å². The fourth-order valence-corrected chi connectivity index (χ4v) is 2.56. The molecule has 0 spiro atoms. The number of hydrogen-bond acceptors (Lipinski definition) is 2. The Balaban J connectivity index is 2.12. The molecule has 1 aliphatic rings. The predicted molar refractivity (Wildman–Crippen MR) is 72.3 cm³/mol. The molecule has 3 atom stereocenters. The standard InChI is InChI=1S/C13H15IO2/c1-9-8-15-13(16-12(9)10(2)14)11-6-4-3-5-7-11/h3-7,9,12-13H,2,8H2,1H3/t9-,12-,13-/m1/s1. The third-order valence-electron chi connectivity index (χ3n) is 2.68. The summed E-state index contributed by atoms with van der Waals surface area (Å²) in [6.45, 7) is 6.80. The summed E-state index contributed by atoms with van der Waals surface area (Å²) in [5.41, 5.74) is 1.07. The van der Waals surface area contributed by atoms with Crippen LogP contribution in [0.2, 0.25) is 0 Å². The summed E-state index contributed by atoms with van der Waals surface area (Å²) in [5.74, 6) is 0.365. The van der Waals surface area contributed by atoms with Crippen LogP contribution in [-0.2, 0) is 9.47 Å². The summed E-state index contributed by atoms with van der Waals surface area (Å²) in [5, 5.41) is 0. The van der Waals surface area contributed by atoms with E-state index in [1.807, 2.05) is 30.3 Å². The molecule has 0 amide bonds. The second-order valence-corrected chi connectivity index (χ2v) is 5.44. The van der Waals surface area contributed by atoms with E-state index in [4.69, 9.17) is 9.47 Å². The van der Waals surface area contributed by atoms with Crippen LogP contribution in [0.5, 0.6) is 0 Å². The van der Waals surface area contributed by atoms with Crippen molar-refractivity contribution >= 4 is 22.6 Å².